The SMILES string of the molecule is NCCCNc1nc(Nc2cccc(O)c2)ncc1C1CC1.O=C(O)C(F)(F)F. The molecule has 1 aromatic heterocycles. The number of halogens is 3. The molecule has 0 amide bonds. The molecule has 0 saturated heterocycles. The second-order valence-electron chi connectivity index (χ2n) is 6.32. The van der Waals surface area contributed by atoms with E-state index in [1.54, 1.807) is 18.2 Å². The van der Waals surface area contributed by atoms with Crippen LogP contribution in [0.15, 0.2) is 30.5 Å². The molecule has 29 heavy (non-hydrogen) atoms. The van der Waals surface area contributed by atoms with E-state index in [1.165, 1.54) is 18.4 Å². The lowest BCUT2D eigenvalue weighted by Gasteiger charge is -2.12. The Morgan fingerprint density at radius 2 is 2.00 bits per heavy atom. The van der Waals surface area contributed by atoms with E-state index in [2.05, 4.69) is 20.6 Å². The van der Waals surface area contributed by atoms with E-state index in [4.69, 9.17) is 15.6 Å². The highest BCUT2D eigenvalue weighted by molar-refractivity contribution is 5.73. The standard InChI is InChI=1S/C16H21N5O.C2HF3O2/c17-7-2-8-18-15-14(11-5-6-11)10-19-16(21-15)20-12-3-1-4-13(22)9-12;3-2(4,5)1(6)7/h1,3-4,9-11,22H,2,5-8,17H2,(H2,18,19,20,21);(H,6,7). The summed E-state index contributed by atoms with van der Waals surface area (Å²) in [7, 11) is 0. The van der Waals surface area contributed by atoms with E-state index >= 15 is 0 Å². The highest BCUT2D eigenvalue weighted by atomic mass is 19.4. The Bertz CT molecular complexity index is 829. The topological polar surface area (TPSA) is 133 Å². The molecule has 0 radical (unpaired) electrons. The molecule has 1 aliphatic rings. The molecule has 8 nitrogen and oxygen atoms in total. The van der Waals surface area contributed by atoms with Crippen LogP contribution in [0.25, 0.3) is 0 Å². The summed E-state index contributed by atoms with van der Waals surface area (Å²) in [5, 5.41) is 23.1. The van der Waals surface area contributed by atoms with Crippen LogP contribution in [0.4, 0.5) is 30.6 Å². The van der Waals surface area contributed by atoms with Gasteiger partial charge in [-0.2, -0.15) is 18.2 Å². The van der Waals surface area contributed by atoms with Gasteiger partial charge in [0.2, 0.25) is 5.95 Å². The van der Waals surface area contributed by atoms with Crippen LogP contribution < -0.4 is 16.4 Å². The largest absolute Gasteiger partial charge is 0.508 e. The first-order chi connectivity index (χ1) is 13.7. The number of hydrogen-bond acceptors (Lipinski definition) is 7. The molecule has 1 aliphatic carbocycles. The van der Waals surface area contributed by atoms with Crippen molar-refractivity contribution in [2.75, 3.05) is 23.7 Å². The second-order valence-corrected chi connectivity index (χ2v) is 6.32. The molecule has 0 aliphatic heterocycles. The molecule has 1 heterocycles. The Hall–Kier alpha value is -3.08. The molecule has 1 saturated carbocycles. The number of alkyl halides is 3. The van der Waals surface area contributed by atoms with E-state index in [9.17, 15) is 18.3 Å². The number of phenols is 1. The number of phenolic OH excluding ortho intramolecular Hbond substituents is 1. The average molecular weight is 413 g/mol. The van der Waals surface area contributed by atoms with E-state index in [1.807, 2.05) is 12.3 Å². The second kappa shape index (κ2) is 9.92. The van der Waals surface area contributed by atoms with Gasteiger partial charge in [0.25, 0.3) is 0 Å². The van der Waals surface area contributed by atoms with E-state index in [-0.39, 0.29) is 5.75 Å². The van der Waals surface area contributed by atoms with Gasteiger partial charge in [0.15, 0.2) is 0 Å². The predicted octanol–water partition coefficient (Wildman–Crippen LogP) is 3.20. The molecule has 0 unspecified atom stereocenters. The summed E-state index contributed by atoms with van der Waals surface area (Å²) in [6.45, 7) is 1.46. The molecule has 2 aromatic rings. The number of rotatable bonds is 7. The molecule has 158 valence electrons. The van der Waals surface area contributed by atoms with Crippen LogP contribution in [0.5, 0.6) is 5.75 Å². The lowest BCUT2D eigenvalue weighted by Crippen LogP contribution is -2.21. The quantitative estimate of drug-likeness (QED) is 0.437. The Kier molecular flexibility index (Phi) is 7.59. The number of nitrogens with zero attached hydrogens (tertiary/aromatic N) is 2. The van der Waals surface area contributed by atoms with Gasteiger partial charge < -0.3 is 26.6 Å². The van der Waals surface area contributed by atoms with Crippen molar-refractivity contribution in [1.29, 1.82) is 0 Å². The maximum absolute atomic E-state index is 10.6. The van der Waals surface area contributed by atoms with Crippen molar-refractivity contribution in [2.24, 2.45) is 5.73 Å². The molecule has 3 rings (SSSR count). The molecule has 11 heteroatoms. The van der Waals surface area contributed by atoms with Gasteiger partial charge in [-0.3, -0.25) is 0 Å². The zero-order valence-corrected chi connectivity index (χ0v) is 15.4. The number of benzene rings is 1. The van der Waals surface area contributed by atoms with Crippen LogP contribution in [0.1, 0.15) is 30.7 Å². The van der Waals surface area contributed by atoms with Crippen molar-refractivity contribution in [1.82, 2.24) is 9.97 Å². The molecule has 6 N–H and O–H groups in total. The van der Waals surface area contributed by atoms with Gasteiger partial charge in [0.1, 0.15) is 11.6 Å². The lowest BCUT2D eigenvalue weighted by atomic mass is 10.2. The van der Waals surface area contributed by atoms with E-state index < -0.39 is 12.1 Å². The molecular formula is C18H22F3N5O3. The number of aromatic nitrogens is 2. The van der Waals surface area contributed by atoms with Gasteiger partial charge in [-0.05, 0) is 43.9 Å². The third-order valence-electron chi connectivity index (χ3n) is 3.85. The number of aliphatic carboxylic acids is 1. The van der Waals surface area contributed by atoms with Crippen LogP contribution >= 0.6 is 0 Å². The number of anilines is 3. The highest BCUT2D eigenvalue weighted by Gasteiger charge is 2.38. The fraction of sp³-hybridized carbons (Fsp3) is 0.389. The Morgan fingerprint density at radius 1 is 1.31 bits per heavy atom. The van der Waals surface area contributed by atoms with E-state index in [0.717, 1.165) is 24.5 Å². The van der Waals surface area contributed by atoms with Gasteiger partial charge in [0.05, 0.1) is 0 Å². The fourth-order valence-corrected chi connectivity index (χ4v) is 2.31. The van der Waals surface area contributed by atoms with Gasteiger partial charge in [0, 0.05) is 30.1 Å². The first kappa shape index (κ1) is 22.2. The number of carboxylic acids is 1. The summed E-state index contributed by atoms with van der Waals surface area (Å²) < 4.78 is 31.7. The zero-order chi connectivity index (χ0) is 21.4. The minimum atomic E-state index is -5.08. The number of nitrogens with one attached hydrogen (secondary N) is 2. The van der Waals surface area contributed by atoms with Crippen LogP contribution in [0.3, 0.4) is 0 Å². The average Bonchev–Trinajstić information content (AvgIpc) is 3.47. The van der Waals surface area contributed by atoms with Crippen LogP contribution in [-0.2, 0) is 4.79 Å². The molecule has 0 spiro atoms. The monoisotopic (exact) mass is 413 g/mol. The molecular weight excluding hydrogens is 391 g/mol. The summed E-state index contributed by atoms with van der Waals surface area (Å²) in [5.41, 5.74) is 7.48. The van der Waals surface area contributed by atoms with Crippen molar-refractivity contribution >= 4 is 23.4 Å². The number of hydrogen-bond donors (Lipinski definition) is 5. The first-order valence-electron chi connectivity index (χ1n) is 8.87. The van der Waals surface area contributed by atoms with Gasteiger partial charge in [-0.1, -0.05) is 6.07 Å². The van der Waals surface area contributed by atoms with Crippen LogP contribution in [-0.4, -0.2) is 45.4 Å². The summed E-state index contributed by atoms with van der Waals surface area (Å²) >= 11 is 0. The number of nitrogens with two attached hydrogens (primary N) is 1. The fourth-order valence-electron chi connectivity index (χ4n) is 2.31. The lowest BCUT2D eigenvalue weighted by molar-refractivity contribution is -0.192. The smallest absolute Gasteiger partial charge is 0.490 e. The maximum Gasteiger partial charge on any atom is 0.490 e. The number of carbonyl (C=O) groups is 1. The summed E-state index contributed by atoms with van der Waals surface area (Å²) in [6.07, 6.45) is 0.118. The van der Waals surface area contributed by atoms with Crippen LogP contribution in [0, 0.1) is 0 Å². The van der Waals surface area contributed by atoms with Crippen molar-refractivity contribution < 1.29 is 28.2 Å². The normalized spacial score (nSPS) is 13.2. The maximum atomic E-state index is 10.6. The summed E-state index contributed by atoms with van der Waals surface area (Å²) in [5.74, 6) is -0.567. The number of aromatic hydroxyl groups is 1. The Morgan fingerprint density at radius 3 is 2.55 bits per heavy atom. The van der Waals surface area contributed by atoms with Crippen molar-refractivity contribution in [2.45, 2.75) is 31.4 Å². The predicted molar refractivity (Wildman–Crippen MR) is 101 cm³/mol. The van der Waals surface area contributed by atoms with Crippen molar-refractivity contribution in [3.8, 4) is 5.75 Å². The molecule has 1 fully saturated rings. The Balaban J connectivity index is 0.000000370. The van der Waals surface area contributed by atoms with Crippen molar-refractivity contribution in [3.63, 3.8) is 0 Å². The molecule has 0 bridgehead atoms. The molecule has 0 atom stereocenters. The van der Waals surface area contributed by atoms with Gasteiger partial charge in [-0.15, -0.1) is 0 Å². The summed E-state index contributed by atoms with van der Waals surface area (Å²) in [4.78, 5) is 17.9. The van der Waals surface area contributed by atoms with Crippen LogP contribution in [0.2, 0.25) is 0 Å². The highest BCUT2D eigenvalue weighted by Crippen LogP contribution is 2.42. The number of carboxylic acid groups (broad SMARTS) is 1. The van der Waals surface area contributed by atoms with Crippen molar-refractivity contribution in [3.05, 3.63) is 36.0 Å². The molecule has 1 aromatic carbocycles. The van der Waals surface area contributed by atoms with E-state index in [0.29, 0.717) is 18.4 Å². The minimum Gasteiger partial charge on any atom is -0.508 e. The third kappa shape index (κ3) is 7.45. The third-order valence-corrected chi connectivity index (χ3v) is 3.85. The Labute approximate surface area is 165 Å². The first-order valence-corrected chi connectivity index (χ1v) is 8.87. The van der Waals surface area contributed by atoms with Gasteiger partial charge in [-0.25, -0.2) is 9.78 Å². The zero-order valence-electron chi connectivity index (χ0n) is 15.4. The van der Waals surface area contributed by atoms with Gasteiger partial charge >= 0.3 is 12.1 Å². The summed E-state index contributed by atoms with van der Waals surface area (Å²) in [6, 6.07) is 6.90. The minimum absolute atomic E-state index is 0.209.